The Hall–Kier alpha value is -1.85. The lowest BCUT2D eigenvalue weighted by atomic mass is 10.1. The molecule has 0 bridgehead atoms. The number of hydrogen-bond acceptors (Lipinski definition) is 1. The molecule has 0 radical (unpaired) electrons. The van der Waals surface area contributed by atoms with Gasteiger partial charge in [-0.1, -0.05) is 0 Å². The summed E-state index contributed by atoms with van der Waals surface area (Å²) in [6, 6.07) is 3.02. The van der Waals surface area contributed by atoms with Crippen LogP contribution >= 0.6 is 0 Å². The minimum atomic E-state index is -4.63. The maximum Gasteiger partial charge on any atom is 0.431 e. The van der Waals surface area contributed by atoms with E-state index in [0.717, 1.165) is 25.1 Å². The van der Waals surface area contributed by atoms with Gasteiger partial charge in [0.25, 0.3) is 0 Å². The van der Waals surface area contributed by atoms with Crippen molar-refractivity contribution in [2.24, 2.45) is 0 Å². The summed E-state index contributed by atoms with van der Waals surface area (Å²) in [5, 5.41) is -0.0875. The van der Waals surface area contributed by atoms with E-state index in [1.165, 1.54) is 0 Å². The minimum Gasteiger partial charge on any atom is -0.351 e. The van der Waals surface area contributed by atoms with E-state index in [9.17, 15) is 22.4 Å². The number of nitrogens with one attached hydrogen (secondary N) is 1. The van der Waals surface area contributed by atoms with Crippen molar-refractivity contribution in [1.29, 1.82) is 0 Å². The van der Waals surface area contributed by atoms with E-state index >= 15 is 0 Å². The molecule has 2 rings (SSSR count). The van der Waals surface area contributed by atoms with Crippen molar-refractivity contribution in [2.75, 3.05) is 0 Å². The van der Waals surface area contributed by atoms with Crippen molar-refractivity contribution in [3.8, 4) is 0 Å². The number of aromatic nitrogens is 1. The molecule has 0 spiro atoms. The topological polar surface area (TPSA) is 32.9 Å². The Bertz CT molecular complexity index is 642. The van der Waals surface area contributed by atoms with Crippen LogP contribution in [-0.2, 0) is 6.18 Å². The SMILES string of the molecule is Cc1c(C(F)(F)F)[nH]c2ccc(F)cc2c1=O. The number of pyridine rings is 1. The van der Waals surface area contributed by atoms with E-state index in [1.54, 1.807) is 0 Å². The Morgan fingerprint density at radius 2 is 1.88 bits per heavy atom. The Morgan fingerprint density at radius 1 is 1.24 bits per heavy atom. The summed E-state index contributed by atoms with van der Waals surface area (Å²) in [5.41, 5.74) is -2.41. The van der Waals surface area contributed by atoms with Gasteiger partial charge in [0.15, 0.2) is 5.43 Å². The molecule has 6 heteroatoms. The van der Waals surface area contributed by atoms with Gasteiger partial charge in [-0.25, -0.2) is 4.39 Å². The zero-order valence-electron chi connectivity index (χ0n) is 8.65. The number of alkyl halides is 3. The summed E-state index contributed by atoms with van der Waals surface area (Å²) in [6.07, 6.45) is -4.63. The Labute approximate surface area is 92.9 Å². The van der Waals surface area contributed by atoms with Gasteiger partial charge in [-0.05, 0) is 25.1 Å². The van der Waals surface area contributed by atoms with Crippen LogP contribution in [0.3, 0.4) is 0 Å². The van der Waals surface area contributed by atoms with Crippen molar-refractivity contribution >= 4 is 10.9 Å². The van der Waals surface area contributed by atoms with Crippen molar-refractivity contribution in [3.63, 3.8) is 0 Å². The fourth-order valence-corrected chi connectivity index (χ4v) is 1.64. The van der Waals surface area contributed by atoms with Crippen molar-refractivity contribution in [3.05, 3.63) is 45.5 Å². The molecule has 0 saturated carbocycles. The zero-order valence-corrected chi connectivity index (χ0v) is 8.65. The fourth-order valence-electron chi connectivity index (χ4n) is 1.64. The molecule has 0 aliphatic heterocycles. The van der Waals surface area contributed by atoms with Crippen LogP contribution in [0, 0.1) is 12.7 Å². The van der Waals surface area contributed by atoms with E-state index < -0.39 is 28.7 Å². The average Bonchev–Trinajstić information content (AvgIpc) is 2.22. The predicted molar refractivity (Wildman–Crippen MR) is 54.3 cm³/mol. The largest absolute Gasteiger partial charge is 0.431 e. The molecule has 0 atom stereocenters. The summed E-state index contributed by atoms with van der Waals surface area (Å²) in [4.78, 5) is 13.8. The Balaban J connectivity index is 2.90. The van der Waals surface area contributed by atoms with Gasteiger partial charge in [0.2, 0.25) is 0 Å². The summed E-state index contributed by atoms with van der Waals surface area (Å²) in [5.74, 6) is -0.665. The molecule has 17 heavy (non-hydrogen) atoms. The van der Waals surface area contributed by atoms with Crippen molar-refractivity contribution in [2.45, 2.75) is 13.1 Å². The fraction of sp³-hybridized carbons (Fsp3) is 0.182. The average molecular weight is 245 g/mol. The van der Waals surface area contributed by atoms with Crippen LogP contribution in [0.1, 0.15) is 11.3 Å². The quantitative estimate of drug-likeness (QED) is 0.711. The number of halogens is 4. The van der Waals surface area contributed by atoms with Crippen molar-refractivity contribution < 1.29 is 17.6 Å². The summed E-state index contributed by atoms with van der Waals surface area (Å²) < 4.78 is 50.7. The highest BCUT2D eigenvalue weighted by Crippen LogP contribution is 2.30. The lowest BCUT2D eigenvalue weighted by Gasteiger charge is -2.11. The lowest BCUT2D eigenvalue weighted by molar-refractivity contribution is -0.141. The van der Waals surface area contributed by atoms with E-state index in [1.807, 2.05) is 0 Å². The van der Waals surface area contributed by atoms with E-state index in [2.05, 4.69) is 4.98 Å². The van der Waals surface area contributed by atoms with E-state index in [0.29, 0.717) is 0 Å². The molecular formula is C11H7F4NO. The van der Waals surface area contributed by atoms with Crippen LogP contribution in [0.5, 0.6) is 0 Å². The highest BCUT2D eigenvalue weighted by molar-refractivity contribution is 5.79. The first-order chi connectivity index (χ1) is 7.80. The highest BCUT2D eigenvalue weighted by atomic mass is 19.4. The molecule has 0 aliphatic carbocycles. The summed E-state index contributed by atoms with van der Waals surface area (Å²) >= 11 is 0. The number of benzene rings is 1. The maximum atomic E-state index is 12.9. The second-order valence-electron chi connectivity index (χ2n) is 3.64. The first kappa shape index (κ1) is 11.6. The third kappa shape index (κ3) is 1.90. The molecule has 0 saturated heterocycles. The predicted octanol–water partition coefficient (Wildman–Crippen LogP) is 2.99. The van der Waals surface area contributed by atoms with Gasteiger partial charge in [0, 0.05) is 16.5 Å². The first-order valence-electron chi connectivity index (χ1n) is 4.70. The number of rotatable bonds is 0. The molecule has 1 aromatic heterocycles. The van der Waals surface area contributed by atoms with Crippen LogP contribution in [-0.4, -0.2) is 4.98 Å². The van der Waals surface area contributed by atoms with Crippen LogP contribution in [0.15, 0.2) is 23.0 Å². The van der Waals surface area contributed by atoms with E-state index in [-0.39, 0.29) is 10.9 Å². The second-order valence-corrected chi connectivity index (χ2v) is 3.64. The molecule has 1 N–H and O–H groups in total. The van der Waals surface area contributed by atoms with Gasteiger partial charge in [-0.2, -0.15) is 13.2 Å². The molecule has 90 valence electrons. The summed E-state index contributed by atoms with van der Waals surface area (Å²) in [7, 11) is 0. The normalized spacial score (nSPS) is 12.1. The summed E-state index contributed by atoms with van der Waals surface area (Å²) in [6.45, 7) is 1.06. The standard InChI is InChI=1S/C11H7F4NO/c1-5-9(17)7-4-6(12)2-3-8(7)16-10(5)11(13,14)15/h2-4H,1H3,(H,16,17). The zero-order chi connectivity index (χ0) is 12.8. The molecule has 2 nitrogen and oxygen atoms in total. The van der Waals surface area contributed by atoms with Gasteiger partial charge < -0.3 is 4.98 Å². The van der Waals surface area contributed by atoms with Gasteiger partial charge in [0.1, 0.15) is 11.5 Å². The molecule has 0 unspecified atom stereocenters. The molecular weight excluding hydrogens is 238 g/mol. The Morgan fingerprint density at radius 3 is 2.47 bits per heavy atom. The first-order valence-corrected chi connectivity index (χ1v) is 4.70. The monoisotopic (exact) mass is 245 g/mol. The molecule has 0 aliphatic rings. The molecule has 2 aromatic rings. The maximum absolute atomic E-state index is 12.9. The van der Waals surface area contributed by atoms with Crippen LogP contribution in [0.25, 0.3) is 10.9 Å². The number of aromatic amines is 1. The van der Waals surface area contributed by atoms with Crippen LogP contribution in [0.2, 0.25) is 0 Å². The van der Waals surface area contributed by atoms with Gasteiger partial charge >= 0.3 is 6.18 Å². The second kappa shape index (κ2) is 3.58. The number of fused-ring (bicyclic) bond motifs is 1. The van der Waals surface area contributed by atoms with Crippen LogP contribution < -0.4 is 5.43 Å². The van der Waals surface area contributed by atoms with Gasteiger partial charge in [-0.15, -0.1) is 0 Å². The highest BCUT2D eigenvalue weighted by Gasteiger charge is 2.34. The van der Waals surface area contributed by atoms with E-state index in [4.69, 9.17) is 0 Å². The lowest BCUT2D eigenvalue weighted by Crippen LogP contribution is -2.18. The number of H-pyrrole nitrogens is 1. The smallest absolute Gasteiger partial charge is 0.351 e. The third-order valence-corrected chi connectivity index (χ3v) is 2.48. The number of hydrogen-bond donors (Lipinski definition) is 1. The van der Waals surface area contributed by atoms with Crippen molar-refractivity contribution in [1.82, 2.24) is 4.98 Å². The Kier molecular flexibility index (Phi) is 2.45. The third-order valence-electron chi connectivity index (χ3n) is 2.48. The molecule has 0 amide bonds. The van der Waals surface area contributed by atoms with Crippen LogP contribution in [0.4, 0.5) is 17.6 Å². The molecule has 0 fully saturated rings. The van der Waals surface area contributed by atoms with Gasteiger partial charge in [0.05, 0.1) is 0 Å². The minimum absolute atomic E-state index is 0.0330. The molecule has 1 aromatic carbocycles. The molecule has 1 heterocycles. The van der Waals surface area contributed by atoms with Gasteiger partial charge in [-0.3, -0.25) is 4.79 Å².